The van der Waals surface area contributed by atoms with Crippen molar-refractivity contribution in [2.75, 3.05) is 12.3 Å². The van der Waals surface area contributed by atoms with Crippen LogP contribution in [0.15, 0.2) is 9.95 Å². The Kier molecular flexibility index (Phi) is 6.38. The molecule has 1 amide bonds. The summed E-state index contributed by atoms with van der Waals surface area (Å²) in [4.78, 5) is 31.9. The number of nitrogens with zero attached hydrogens (tertiary/aromatic N) is 2. The molecule has 0 saturated heterocycles. The smallest absolute Gasteiger partial charge is 0.263 e. The van der Waals surface area contributed by atoms with Crippen LogP contribution in [0.3, 0.4) is 0 Å². The van der Waals surface area contributed by atoms with E-state index < -0.39 is 0 Å². The molecular formula is C19H23N3O2S2. The van der Waals surface area contributed by atoms with Crippen LogP contribution in [0.2, 0.25) is 0 Å². The fourth-order valence-electron chi connectivity index (χ4n) is 3.22. The van der Waals surface area contributed by atoms with Gasteiger partial charge < -0.3 is 5.32 Å². The Morgan fingerprint density at radius 1 is 1.42 bits per heavy atom. The molecule has 138 valence electrons. The van der Waals surface area contributed by atoms with Crippen LogP contribution in [0.4, 0.5) is 0 Å². The summed E-state index contributed by atoms with van der Waals surface area (Å²) < 4.78 is 1.77. The van der Waals surface area contributed by atoms with E-state index in [-0.39, 0.29) is 23.8 Å². The van der Waals surface area contributed by atoms with E-state index in [1.54, 1.807) is 15.9 Å². The molecule has 1 N–H and O–H groups in total. The molecule has 3 rings (SSSR count). The Bertz CT molecular complexity index is 908. The number of thiophene rings is 1. The third-order valence-electron chi connectivity index (χ3n) is 4.50. The topological polar surface area (TPSA) is 64.0 Å². The zero-order chi connectivity index (χ0) is 18.5. The molecular weight excluding hydrogens is 366 g/mol. The maximum absolute atomic E-state index is 13.2. The van der Waals surface area contributed by atoms with E-state index in [2.05, 4.69) is 18.2 Å². The fraction of sp³-hybridized carbons (Fsp3) is 0.526. The minimum absolute atomic E-state index is 0.0528. The first kappa shape index (κ1) is 19.0. The number of amides is 1. The van der Waals surface area contributed by atoms with E-state index >= 15 is 0 Å². The van der Waals surface area contributed by atoms with Crippen molar-refractivity contribution in [1.29, 1.82) is 0 Å². The van der Waals surface area contributed by atoms with Crippen molar-refractivity contribution in [3.05, 3.63) is 20.8 Å². The number of fused-ring (bicyclic) bond motifs is 3. The molecule has 0 saturated carbocycles. The van der Waals surface area contributed by atoms with Gasteiger partial charge in [0, 0.05) is 11.4 Å². The van der Waals surface area contributed by atoms with Gasteiger partial charge in [0.25, 0.3) is 5.56 Å². The highest BCUT2D eigenvalue weighted by Gasteiger charge is 2.23. The van der Waals surface area contributed by atoms with Crippen molar-refractivity contribution in [2.45, 2.75) is 57.1 Å². The summed E-state index contributed by atoms with van der Waals surface area (Å²) in [5, 5.41) is 4.09. The molecule has 1 aliphatic carbocycles. The highest BCUT2D eigenvalue weighted by atomic mass is 32.2. The summed E-state index contributed by atoms with van der Waals surface area (Å²) in [6.07, 6.45) is 11.4. The van der Waals surface area contributed by atoms with Crippen molar-refractivity contribution in [2.24, 2.45) is 0 Å². The second-order valence-corrected chi connectivity index (χ2v) is 8.39. The van der Waals surface area contributed by atoms with E-state index in [4.69, 9.17) is 11.4 Å². The summed E-state index contributed by atoms with van der Waals surface area (Å²) in [6, 6.07) is 0. The van der Waals surface area contributed by atoms with Gasteiger partial charge in [-0.05, 0) is 31.2 Å². The lowest BCUT2D eigenvalue weighted by Gasteiger charge is -2.12. The zero-order valence-corrected chi connectivity index (χ0v) is 16.6. The Morgan fingerprint density at radius 2 is 2.27 bits per heavy atom. The van der Waals surface area contributed by atoms with Crippen molar-refractivity contribution < 1.29 is 4.79 Å². The molecule has 0 aromatic carbocycles. The number of thioether (sulfide) groups is 1. The number of terminal acetylenes is 1. The van der Waals surface area contributed by atoms with E-state index in [1.165, 1.54) is 22.2 Å². The average Bonchev–Trinajstić information content (AvgIpc) is 3.20. The predicted molar refractivity (Wildman–Crippen MR) is 108 cm³/mol. The second-order valence-electron chi connectivity index (χ2n) is 6.37. The van der Waals surface area contributed by atoms with Crippen LogP contribution in [0.5, 0.6) is 0 Å². The SMILES string of the molecule is C#CCNC(=O)CSc1nc2sc3c(c2c(=O)n1CCCCC)CCC3. The minimum atomic E-state index is -0.143. The van der Waals surface area contributed by atoms with Crippen LogP contribution >= 0.6 is 23.1 Å². The molecule has 1 aliphatic rings. The monoisotopic (exact) mass is 389 g/mol. The van der Waals surface area contributed by atoms with Crippen LogP contribution in [0.1, 0.15) is 43.0 Å². The van der Waals surface area contributed by atoms with Gasteiger partial charge in [0.15, 0.2) is 5.16 Å². The number of hydrogen-bond acceptors (Lipinski definition) is 5. The van der Waals surface area contributed by atoms with Crippen molar-refractivity contribution in [3.63, 3.8) is 0 Å². The zero-order valence-electron chi connectivity index (χ0n) is 15.0. The van der Waals surface area contributed by atoms with Crippen LogP contribution < -0.4 is 10.9 Å². The quantitative estimate of drug-likeness (QED) is 0.326. The van der Waals surface area contributed by atoms with Gasteiger partial charge in [-0.1, -0.05) is 37.4 Å². The molecule has 26 heavy (non-hydrogen) atoms. The lowest BCUT2D eigenvalue weighted by atomic mass is 10.2. The fourth-order valence-corrected chi connectivity index (χ4v) is 5.37. The molecule has 5 nitrogen and oxygen atoms in total. The molecule has 0 spiro atoms. The number of carbonyl (C=O) groups is 1. The van der Waals surface area contributed by atoms with Crippen LogP contribution in [0.25, 0.3) is 10.2 Å². The van der Waals surface area contributed by atoms with E-state index in [9.17, 15) is 9.59 Å². The van der Waals surface area contributed by atoms with Crippen LogP contribution in [0, 0.1) is 12.3 Å². The van der Waals surface area contributed by atoms with Crippen LogP contribution in [-0.4, -0.2) is 27.8 Å². The predicted octanol–water partition coefficient (Wildman–Crippen LogP) is 2.98. The van der Waals surface area contributed by atoms with Gasteiger partial charge in [-0.2, -0.15) is 0 Å². The molecule has 0 atom stereocenters. The summed E-state index contributed by atoms with van der Waals surface area (Å²) >= 11 is 2.95. The second kappa shape index (κ2) is 8.74. The Balaban J connectivity index is 1.92. The van der Waals surface area contributed by atoms with Gasteiger partial charge in [0.2, 0.25) is 5.91 Å². The number of unbranched alkanes of at least 4 members (excludes halogenated alkanes) is 2. The average molecular weight is 390 g/mol. The molecule has 0 bridgehead atoms. The van der Waals surface area contributed by atoms with Crippen molar-refractivity contribution in [1.82, 2.24) is 14.9 Å². The first-order valence-corrected chi connectivity index (χ1v) is 10.8. The number of nitrogens with one attached hydrogen (secondary N) is 1. The highest BCUT2D eigenvalue weighted by molar-refractivity contribution is 7.99. The Morgan fingerprint density at radius 3 is 3.04 bits per heavy atom. The molecule has 2 heterocycles. The summed E-state index contributed by atoms with van der Waals surface area (Å²) in [6.45, 7) is 3.00. The van der Waals surface area contributed by atoms with Crippen molar-refractivity contribution in [3.8, 4) is 12.3 Å². The summed E-state index contributed by atoms with van der Waals surface area (Å²) in [5.41, 5.74) is 1.26. The number of carbonyl (C=O) groups excluding carboxylic acids is 1. The van der Waals surface area contributed by atoms with E-state index in [1.807, 2.05) is 0 Å². The van der Waals surface area contributed by atoms with E-state index in [0.29, 0.717) is 11.7 Å². The number of aromatic nitrogens is 2. The maximum atomic E-state index is 13.2. The van der Waals surface area contributed by atoms with Gasteiger partial charge in [-0.3, -0.25) is 14.2 Å². The molecule has 0 radical (unpaired) electrons. The van der Waals surface area contributed by atoms with Crippen molar-refractivity contribution >= 4 is 39.2 Å². The van der Waals surface area contributed by atoms with Crippen LogP contribution in [-0.2, 0) is 24.2 Å². The third-order valence-corrected chi connectivity index (χ3v) is 6.66. The molecule has 0 aliphatic heterocycles. The Hall–Kier alpha value is -1.78. The minimum Gasteiger partial charge on any atom is -0.344 e. The lowest BCUT2D eigenvalue weighted by molar-refractivity contribution is -0.118. The van der Waals surface area contributed by atoms with Gasteiger partial charge >= 0.3 is 0 Å². The molecule has 2 aromatic rings. The summed E-state index contributed by atoms with van der Waals surface area (Å²) in [5.74, 6) is 2.45. The standard InChI is InChI=1S/C19H23N3O2S2/c1-3-5-6-11-22-18(24)16-13-8-7-9-14(13)26-17(16)21-19(22)25-12-15(23)20-10-4-2/h2H,3,5-12H2,1H3,(H,20,23). The normalized spacial score (nSPS) is 12.9. The molecule has 7 heteroatoms. The first-order chi connectivity index (χ1) is 12.7. The molecule has 0 unspecified atom stereocenters. The number of rotatable bonds is 8. The summed E-state index contributed by atoms with van der Waals surface area (Å²) in [7, 11) is 0. The highest BCUT2D eigenvalue weighted by Crippen LogP contribution is 2.35. The molecule has 2 aromatic heterocycles. The maximum Gasteiger partial charge on any atom is 0.263 e. The van der Waals surface area contributed by atoms with E-state index in [0.717, 1.165) is 48.7 Å². The van der Waals surface area contributed by atoms with Gasteiger partial charge in [-0.25, -0.2) is 4.98 Å². The van der Waals surface area contributed by atoms with Gasteiger partial charge in [0.05, 0.1) is 17.7 Å². The Labute approximate surface area is 161 Å². The number of aryl methyl sites for hydroxylation is 2. The van der Waals surface area contributed by atoms with Gasteiger partial charge in [0.1, 0.15) is 4.83 Å². The first-order valence-electron chi connectivity index (χ1n) is 9.03. The lowest BCUT2D eigenvalue weighted by Crippen LogP contribution is -2.27. The number of hydrogen-bond donors (Lipinski definition) is 1. The van der Waals surface area contributed by atoms with Gasteiger partial charge in [-0.15, -0.1) is 17.8 Å². The largest absolute Gasteiger partial charge is 0.344 e. The molecule has 0 fully saturated rings. The third kappa shape index (κ3) is 3.97.